The average molecular weight is 353 g/mol. The highest BCUT2D eigenvalue weighted by Crippen LogP contribution is 2.27. The van der Waals surface area contributed by atoms with Gasteiger partial charge in [0.25, 0.3) is 0 Å². The molecule has 1 heterocycles. The Kier molecular flexibility index (Phi) is 7.15. The van der Waals surface area contributed by atoms with Gasteiger partial charge in [-0.3, -0.25) is 4.79 Å². The molecule has 2 N–H and O–H groups in total. The number of carbonyl (C=O) groups excluding carboxylic acids is 1. The highest BCUT2D eigenvalue weighted by atomic mass is 35.5. The van der Waals surface area contributed by atoms with Gasteiger partial charge in [-0.2, -0.15) is 13.2 Å². The van der Waals surface area contributed by atoms with Crippen molar-refractivity contribution < 1.29 is 22.7 Å². The first-order valence-electron chi connectivity index (χ1n) is 7.18. The fourth-order valence-electron chi connectivity index (χ4n) is 2.46. The van der Waals surface area contributed by atoms with Gasteiger partial charge in [-0.15, -0.1) is 12.4 Å². The highest BCUT2D eigenvalue weighted by Gasteiger charge is 2.29. The maximum atomic E-state index is 12.3. The zero-order valence-corrected chi connectivity index (χ0v) is 13.5. The van der Waals surface area contributed by atoms with E-state index in [-0.39, 0.29) is 41.7 Å². The number of para-hydroxylation sites is 2. The number of rotatable bonds is 4. The number of ether oxygens (including phenoxy) is 1. The Morgan fingerprint density at radius 1 is 1.39 bits per heavy atom. The molecule has 2 rings (SSSR count). The Hall–Kier alpha value is -1.47. The smallest absolute Gasteiger partial charge is 0.422 e. The zero-order valence-electron chi connectivity index (χ0n) is 12.7. The Bertz CT molecular complexity index is 526. The van der Waals surface area contributed by atoms with E-state index in [1.807, 2.05) is 6.92 Å². The minimum Gasteiger partial charge on any atom is -0.482 e. The fourth-order valence-corrected chi connectivity index (χ4v) is 2.46. The first-order valence-corrected chi connectivity index (χ1v) is 7.18. The van der Waals surface area contributed by atoms with Crippen molar-refractivity contribution in [1.82, 2.24) is 5.32 Å². The van der Waals surface area contributed by atoms with E-state index in [0.29, 0.717) is 12.8 Å². The van der Waals surface area contributed by atoms with Crippen LogP contribution in [0, 0.1) is 5.92 Å². The van der Waals surface area contributed by atoms with Crippen LogP contribution in [-0.2, 0) is 4.79 Å². The molecule has 1 fully saturated rings. The summed E-state index contributed by atoms with van der Waals surface area (Å²) in [6, 6.07) is 6.40. The molecule has 1 aliphatic heterocycles. The van der Waals surface area contributed by atoms with E-state index in [4.69, 9.17) is 4.74 Å². The van der Waals surface area contributed by atoms with Gasteiger partial charge < -0.3 is 15.4 Å². The molecule has 4 nitrogen and oxygen atoms in total. The van der Waals surface area contributed by atoms with Gasteiger partial charge in [0, 0.05) is 12.0 Å². The van der Waals surface area contributed by atoms with Crippen LogP contribution < -0.4 is 15.4 Å². The van der Waals surface area contributed by atoms with Gasteiger partial charge in [-0.25, -0.2) is 0 Å². The number of nitrogens with one attached hydrogen (secondary N) is 2. The number of benzene rings is 1. The largest absolute Gasteiger partial charge is 0.482 e. The standard InChI is InChI=1S/C15H19F3N2O2.ClH/c1-10-8-11(6-7-19-10)14(21)20-12-4-2-3-5-13(12)22-9-15(16,17)18;/h2-5,10-11,19H,6-9H2,1H3,(H,20,21);1H/t10-,11-;/m0./s1. The molecule has 0 radical (unpaired) electrons. The predicted octanol–water partition coefficient (Wildman–Crippen LogP) is 3.38. The minimum absolute atomic E-state index is 0. The van der Waals surface area contributed by atoms with Crippen LogP contribution in [0.15, 0.2) is 24.3 Å². The first kappa shape index (κ1) is 19.6. The number of piperidine rings is 1. The Labute approximate surface area is 139 Å². The summed E-state index contributed by atoms with van der Waals surface area (Å²) in [4.78, 5) is 12.2. The third kappa shape index (κ3) is 6.27. The maximum absolute atomic E-state index is 12.3. The lowest BCUT2D eigenvalue weighted by Crippen LogP contribution is -2.40. The van der Waals surface area contributed by atoms with Crippen LogP contribution in [-0.4, -0.2) is 31.3 Å². The van der Waals surface area contributed by atoms with Crippen molar-refractivity contribution in [1.29, 1.82) is 0 Å². The predicted molar refractivity (Wildman–Crippen MR) is 84.1 cm³/mol. The highest BCUT2D eigenvalue weighted by molar-refractivity contribution is 5.94. The van der Waals surface area contributed by atoms with E-state index >= 15 is 0 Å². The summed E-state index contributed by atoms with van der Waals surface area (Å²) in [6.45, 7) is 1.37. The third-order valence-corrected chi connectivity index (χ3v) is 3.53. The third-order valence-electron chi connectivity index (χ3n) is 3.53. The summed E-state index contributed by atoms with van der Waals surface area (Å²) >= 11 is 0. The lowest BCUT2D eigenvalue weighted by atomic mass is 9.92. The molecule has 0 spiro atoms. The molecule has 1 aromatic carbocycles. The van der Waals surface area contributed by atoms with Gasteiger partial charge in [-0.1, -0.05) is 12.1 Å². The number of anilines is 1. The summed E-state index contributed by atoms with van der Waals surface area (Å²) in [5.74, 6) is -0.307. The first-order chi connectivity index (χ1) is 10.3. The van der Waals surface area contributed by atoms with E-state index in [0.717, 1.165) is 6.54 Å². The molecule has 0 unspecified atom stereocenters. The van der Waals surface area contributed by atoms with Gasteiger partial charge >= 0.3 is 6.18 Å². The molecule has 8 heteroatoms. The van der Waals surface area contributed by atoms with E-state index < -0.39 is 12.8 Å². The molecule has 1 saturated heterocycles. The van der Waals surface area contributed by atoms with Crippen molar-refractivity contribution in [2.45, 2.75) is 32.0 Å². The van der Waals surface area contributed by atoms with Gasteiger partial charge in [0.15, 0.2) is 6.61 Å². The van der Waals surface area contributed by atoms with E-state index in [2.05, 4.69) is 10.6 Å². The van der Waals surface area contributed by atoms with Crippen LogP contribution in [0.3, 0.4) is 0 Å². The Morgan fingerprint density at radius 2 is 2.09 bits per heavy atom. The molecule has 1 aromatic rings. The van der Waals surface area contributed by atoms with Crippen molar-refractivity contribution >= 4 is 24.0 Å². The van der Waals surface area contributed by atoms with E-state index in [9.17, 15) is 18.0 Å². The molecule has 0 saturated carbocycles. The van der Waals surface area contributed by atoms with Crippen LogP contribution in [0.5, 0.6) is 5.75 Å². The van der Waals surface area contributed by atoms with Crippen molar-refractivity contribution in [2.75, 3.05) is 18.5 Å². The molecule has 0 aliphatic carbocycles. The number of hydrogen-bond donors (Lipinski definition) is 2. The van der Waals surface area contributed by atoms with Crippen LogP contribution in [0.1, 0.15) is 19.8 Å². The second-order valence-corrected chi connectivity index (χ2v) is 5.47. The summed E-state index contributed by atoms with van der Waals surface area (Å²) in [7, 11) is 0. The number of alkyl halides is 3. The van der Waals surface area contributed by atoms with Crippen molar-refractivity contribution in [2.24, 2.45) is 5.92 Å². The lowest BCUT2D eigenvalue weighted by molar-refractivity contribution is -0.153. The van der Waals surface area contributed by atoms with Gasteiger partial charge in [0.1, 0.15) is 5.75 Å². The molecule has 2 atom stereocenters. The SMILES string of the molecule is C[C@H]1C[C@@H](C(=O)Nc2ccccc2OCC(F)(F)F)CCN1.Cl. The number of amides is 1. The van der Waals surface area contributed by atoms with Crippen LogP contribution in [0.25, 0.3) is 0 Å². The van der Waals surface area contributed by atoms with Gasteiger partial charge in [0.2, 0.25) is 5.91 Å². The number of halogens is 4. The molecule has 1 aliphatic rings. The second-order valence-electron chi connectivity index (χ2n) is 5.47. The summed E-state index contributed by atoms with van der Waals surface area (Å²) < 4.78 is 41.5. The fraction of sp³-hybridized carbons (Fsp3) is 0.533. The van der Waals surface area contributed by atoms with E-state index in [1.54, 1.807) is 12.1 Å². The zero-order chi connectivity index (χ0) is 16.2. The minimum atomic E-state index is -4.42. The van der Waals surface area contributed by atoms with Crippen LogP contribution in [0.4, 0.5) is 18.9 Å². The molecule has 1 amide bonds. The molecule has 130 valence electrons. The van der Waals surface area contributed by atoms with Crippen molar-refractivity contribution in [3.05, 3.63) is 24.3 Å². The second kappa shape index (κ2) is 8.40. The summed E-state index contributed by atoms with van der Waals surface area (Å²) in [5.41, 5.74) is 0.267. The van der Waals surface area contributed by atoms with Gasteiger partial charge in [0.05, 0.1) is 5.69 Å². The maximum Gasteiger partial charge on any atom is 0.422 e. The monoisotopic (exact) mass is 352 g/mol. The Morgan fingerprint density at radius 3 is 2.74 bits per heavy atom. The quantitative estimate of drug-likeness (QED) is 0.873. The molecule has 23 heavy (non-hydrogen) atoms. The molecule has 0 aromatic heterocycles. The van der Waals surface area contributed by atoms with E-state index in [1.165, 1.54) is 12.1 Å². The molecular weight excluding hydrogens is 333 g/mol. The number of carbonyl (C=O) groups is 1. The van der Waals surface area contributed by atoms with Crippen molar-refractivity contribution in [3.63, 3.8) is 0 Å². The summed E-state index contributed by atoms with van der Waals surface area (Å²) in [5, 5.41) is 5.93. The molecular formula is C15H20ClF3N2O2. The lowest BCUT2D eigenvalue weighted by Gasteiger charge is -2.27. The van der Waals surface area contributed by atoms with Gasteiger partial charge in [-0.05, 0) is 38.4 Å². The summed E-state index contributed by atoms with van der Waals surface area (Å²) in [6.07, 6.45) is -3.00. The molecule has 0 bridgehead atoms. The van der Waals surface area contributed by atoms with Crippen molar-refractivity contribution in [3.8, 4) is 5.75 Å². The number of hydrogen-bond acceptors (Lipinski definition) is 3. The van der Waals surface area contributed by atoms with Crippen LogP contribution >= 0.6 is 12.4 Å². The topological polar surface area (TPSA) is 50.4 Å². The van der Waals surface area contributed by atoms with Crippen LogP contribution in [0.2, 0.25) is 0 Å². The Balaban J connectivity index is 0.00000264. The average Bonchev–Trinajstić information content (AvgIpc) is 2.45. The normalized spacial score (nSPS) is 21.2.